The monoisotopic (exact) mass is 227 g/mol. The third-order valence-corrected chi connectivity index (χ3v) is 2.75. The van der Waals surface area contributed by atoms with Crippen LogP contribution in [0.1, 0.15) is 29.8 Å². The summed E-state index contributed by atoms with van der Waals surface area (Å²) in [6.07, 6.45) is 5.57. The predicted molar refractivity (Wildman–Crippen MR) is 68.5 cm³/mol. The van der Waals surface area contributed by atoms with E-state index in [9.17, 15) is 0 Å². The van der Waals surface area contributed by atoms with Crippen LogP contribution in [-0.4, -0.2) is 9.97 Å². The Morgan fingerprint density at radius 2 is 2.12 bits per heavy atom. The van der Waals surface area contributed by atoms with Gasteiger partial charge in [-0.25, -0.2) is 0 Å². The van der Waals surface area contributed by atoms with Crippen molar-refractivity contribution in [1.82, 2.24) is 15.3 Å². The Balaban J connectivity index is 1.92. The summed E-state index contributed by atoms with van der Waals surface area (Å²) in [6, 6.07) is 8.45. The Hall–Kier alpha value is -1.74. The molecule has 0 unspecified atom stereocenters. The first-order chi connectivity index (χ1) is 8.25. The largest absolute Gasteiger partial charge is 0.305 e. The number of hydrogen-bond acceptors (Lipinski definition) is 3. The van der Waals surface area contributed by atoms with Crippen molar-refractivity contribution in [3.05, 3.63) is 59.7 Å². The second kappa shape index (κ2) is 5.55. The van der Waals surface area contributed by atoms with E-state index in [1.165, 1.54) is 11.1 Å². The molecule has 1 N–H and O–H groups in total. The molecule has 0 amide bonds. The van der Waals surface area contributed by atoms with Crippen molar-refractivity contribution in [2.75, 3.05) is 0 Å². The van der Waals surface area contributed by atoms with E-state index in [0.29, 0.717) is 0 Å². The minimum atomic E-state index is 0.284. The number of nitrogens with zero attached hydrogens (tertiary/aromatic N) is 2. The van der Waals surface area contributed by atoms with Gasteiger partial charge in [-0.2, -0.15) is 0 Å². The van der Waals surface area contributed by atoms with E-state index in [4.69, 9.17) is 0 Å². The fraction of sp³-hybridized carbons (Fsp3) is 0.286. The first kappa shape index (κ1) is 11.7. The van der Waals surface area contributed by atoms with Gasteiger partial charge >= 0.3 is 0 Å². The van der Waals surface area contributed by atoms with E-state index < -0.39 is 0 Å². The zero-order valence-corrected chi connectivity index (χ0v) is 10.2. The maximum Gasteiger partial charge on any atom is 0.0542 e. The van der Waals surface area contributed by atoms with Crippen molar-refractivity contribution in [2.45, 2.75) is 26.4 Å². The van der Waals surface area contributed by atoms with Crippen LogP contribution in [0.25, 0.3) is 0 Å². The molecule has 2 aromatic heterocycles. The molecule has 0 aliphatic heterocycles. The average molecular weight is 227 g/mol. The summed E-state index contributed by atoms with van der Waals surface area (Å²) in [5.41, 5.74) is 3.44. The molecule has 17 heavy (non-hydrogen) atoms. The molecule has 0 fully saturated rings. The molecule has 0 bridgehead atoms. The molecule has 0 aliphatic carbocycles. The summed E-state index contributed by atoms with van der Waals surface area (Å²) in [5, 5.41) is 3.43. The predicted octanol–water partition coefficient (Wildman–Crippen LogP) is 2.64. The van der Waals surface area contributed by atoms with Crippen LogP contribution in [0.2, 0.25) is 0 Å². The van der Waals surface area contributed by atoms with Gasteiger partial charge in [0, 0.05) is 31.2 Å². The zero-order chi connectivity index (χ0) is 12.1. The van der Waals surface area contributed by atoms with Crippen molar-refractivity contribution in [3.8, 4) is 0 Å². The molecular weight excluding hydrogens is 210 g/mol. The molecule has 3 nitrogen and oxygen atoms in total. The Bertz CT molecular complexity index is 451. The maximum atomic E-state index is 4.37. The van der Waals surface area contributed by atoms with Crippen LogP contribution in [0, 0.1) is 6.92 Å². The van der Waals surface area contributed by atoms with Gasteiger partial charge in [-0.05, 0) is 37.1 Å². The van der Waals surface area contributed by atoms with Crippen molar-refractivity contribution >= 4 is 0 Å². The van der Waals surface area contributed by atoms with Gasteiger partial charge in [0.2, 0.25) is 0 Å². The van der Waals surface area contributed by atoms with Crippen LogP contribution in [0.3, 0.4) is 0 Å². The second-order valence-electron chi connectivity index (χ2n) is 4.22. The van der Waals surface area contributed by atoms with Gasteiger partial charge in [-0.3, -0.25) is 9.97 Å². The number of aryl methyl sites for hydroxylation is 1. The number of hydrogen-bond donors (Lipinski definition) is 1. The van der Waals surface area contributed by atoms with Gasteiger partial charge in [0.1, 0.15) is 0 Å². The molecule has 2 aromatic rings. The summed E-state index contributed by atoms with van der Waals surface area (Å²) in [4.78, 5) is 8.48. The highest BCUT2D eigenvalue weighted by molar-refractivity contribution is 5.14. The molecule has 0 aromatic carbocycles. The first-order valence-corrected chi connectivity index (χ1v) is 5.80. The number of aromatic nitrogens is 2. The Morgan fingerprint density at radius 3 is 2.76 bits per heavy atom. The van der Waals surface area contributed by atoms with Crippen LogP contribution in [-0.2, 0) is 6.54 Å². The van der Waals surface area contributed by atoms with Gasteiger partial charge < -0.3 is 5.32 Å². The minimum Gasteiger partial charge on any atom is -0.305 e. The lowest BCUT2D eigenvalue weighted by molar-refractivity contribution is 0.566. The summed E-state index contributed by atoms with van der Waals surface area (Å²) in [5.74, 6) is 0. The van der Waals surface area contributed by atoms with Crippen molar-refractivity contribution in [1.29, 1.82) is 0 Å². The third-order valence-electron chi connectivity index (χ3n) is 2.75. The van der Waals surface area contributed by atoms with Crippen LogP contribution in [0.4, 0.5) is 0 Å². The lowest BCUT2D eigenvalue weighted by atomic mass is 10.1. The number of nitrogens with one attached hydrogen (secondary N) is 1. The van der Waals surface area contributed by atoms with Crippen LogP contribution in [0.5, 0.6) is 0 Å². The molecule has 0 saturated carbocycles. The van der Waals surface area contributed by atoms with Crippen LogP contribution >= 0.6 is 0 Å². The van der Waals surface area contributed by atoms with E-state index in [-0.39, 0.29) is 6.04 Å². The third kappa shape index (κ3) is 3.36. The number of pyridine rings is 2. The van der Waals surface area contributed by atoms with Gasteiger partial charge in [-0.1, -0.05) is 12.1 Å². The highest BCUT2D eigenvalue weighted by Crippen LogP contribution is 2.10. The topological polar surface area (TPSA) is 37.8 Å². The highest BCUT2D eigenvalue weighted by atomic mass is 14.9. The Kier molecular flexibility index (Phi) is 3.83. The quantitative estimate of drug-likeness (QED) is 0.872. The summed E-state index contributed by atoms with van der Waals surface area (Å²) < 4.78 is 0. The molecule has 3 heteroatoms. The van der Waals surface area contributed by atoms with E-state index in [2.05, 4.69) is 40.4 Å². The van der Waals surface area contributed by atoms with Gasteiger partial charge in [0.05, 0.1) is 5.69 Å². The van der Waals surface area contributed by atoms with Crippen molar-refractivity contribution in [2.24, 2.45) is 0 Å². The lowest BCUT2D eigenvalue weighted by Crippen LogP contribution is -2.18. The fourth-order valence-corrected chi connectivity index (χ4v) is 1.61. The minimum absolute atomic E-state index is 0.284. The molecule has 0 saturated heterocycles. The van der Waals surface area contributed by atoms with Crippen LogP contribution < -0.4 is 5.32 Å². The van der Waals surface area contributed by atoms with Gasteiger partial charge in [0.15, 0.2) is 0 Å². The molecule has 88 valence electrons. The molecule has 0 spiro atoms. The fourth-order valence-electron chi connectivity index (χ4n) is 1.61. The maximum absolute atomic E-state index is 4.37. The lowest BCUT2D eigenvalue weighted by Gasteiger charge is -2.13. The van der Waals surface area contributed by atoms with E-state index in [1.807, 2.05) is 25.4 Å². The average Bonchev–Trinajstić information content (AvgIpc) is 2.39. The van der Waals surface area contributed by atoms with Crippen molar-refractivity contribution in [3.63, 3.8) is 0 Å². The summed E-state index contributed by atoms with van der Waals surface area (Å²) in [6.45, 7) is 4.95. The first-order valence-electron chi connectivity index (χ1n) is 5.80. The molecule has 2 rings (SSSR count). The summed E-state index contributed by atoms with van der Waals surface area (Å²) in [7, 11) is 0. The van der Waals surface area contributed by atoms with E-state index in [1.54, 1.807) is 6.20 Å². The SMILES string of the molecule is Cc1ccc(CN[C@@H](C)c2cccnc2)nc1. The number of rotatable bonds is 4. The standard InChI is InChI=1S/C14H17N3/c1-11-5-6-14(17-8-11)10-16-12(2)13-4-3-7-15-9-13/h3-9,12,16H,10H2,1-2H3/t12-/m0/s1. The van der Waals surface area contributed by atoms with E-state index in [0.717, 1.165) is 12.2 Å². The molecular formula is C14H17N3. The second-order valence-corrected chi connectivity index (χ2v) is 4.22. The smallest absolute Gasteiger partial charge is 0.0542 e. The normalized spacial score (nSPS) is 12.4. The molecule has 0 aliphatic rings. The van der Waals surface area contributed by atoms with Gasteiger partial charge in [-0.15, -0.1) is 0 Å². The van der Waals surface area contributed by atoms with E-state index >= 15 is 0 Å². The Labute approximate surface area is 102 Å². The van der Waals surface area contributed by atoms with Gasteiger partial charge in [0.25, 0.3) is 0 Å². The molecule has 2 heterocycles. The molecule has 0 radical (unpaired) electrons. The molecule has 1 atom stereocenters. The zero-order valence-electron chi connectivity index (χ0n) is 10.2. The highest BCUT2D eigenvalue weighted by Gasteiger charge is 2.04. The Morgan fingerprint density at radius 1 is 1.24 bits per heavy atom. The summed E-state index contributed by atoms with van der Waals surface area (Å²) >= 11 is 0. The van der Waals surface area contributed by atoms with Crippen LogP contribution in [0.15, 0.2) is 42.9 Å². The van der Waals surface area contributed by atoms with Crippen molar-refractivity contribution < 1.29 is 0 Å².